The smallest absolute Gasteiger partial charge is 0.294 e. The van der Waals surface area contributed by atoms with E-state index in [1.165, 1.54) is 42.6 Å². The molecule has 0 atom stereocenters. The van der Waals surface area contributed by atoms with E-state index < -0.39 is 10.8 Å². The predicted molar refractivity (Wildman–Crippen MR) is 157 cm³/mol. The van der Waals surface area contributed by atoms with Gasteiger partial charge in [-0.05, 0) is 68.6 Å². The van der Waals surface area contributed by atoms with E-state index in [2.05, 4.69) is 51.7 Å². The summed E-state index contributed by atoms with van der Waals surface area (Å²) in [4.78, 5) is 24.0. The number of nitrogens with zero attached hydrogens (tertiary/aromatic N) is 7. The van der Waals surface area contributed by atoms with Crippen molar-refractivity contribution < 1.29 is 28.2 Å². The van der Waals surface area contributed by atoms with Crippen LogP contribution in [-0.2, 0) is 6.61 Å². The first-order valence-electron chi connectivity index (χ1n) is 12.7. The van der Waals surface area contributed by atoms with Crippen LogP contribution in [0.25, 0.3) is 17.1 Å². The zero-order chi connectivity index (χ0) is 31.2. The van der Waals surface area contributed by atoms with Crippen molar-refractivity contribution in [1.29, 1.82) is 0 Å². The van der Waals surface area contributed by atoms with Crippen molar-refractivity contribution >= 4 is 39.6 Å². The Hall–Kier alpha value is -5.71. The number of halogens is 2. The van der Waals surface area contributed by atoms with Crippen molar-refractivity contribution in [2.24, 2.45) is 5.10 Å². The Labute approximate surface area is 255 Å². The molecule has 0 saturated carbocycles. The summed E-state index contributed by atoms with van der Waals surface area (Å²) in [5.74, 6) is -0.512. The van der Waals surface area contributed by atoms with E-state index in [0.717, 1.165) is 10.2 Å². The highest BCUT2D eigenvalue weighted by molar-refractivity contribution is 9.10. The normalized spacial score (nSPS) is 11.1. The van der Waals surface area contributed by atoms with Crippen LogP contribution in [0.2, 0.25) is 0 Å². The Morgan fingerprint density at radius 1 is 1.20 bits per heavy atom. The number of nitrogens with one attached hydrogen (secondary N) is 1. The topological polar surface area (TPSA) is 199 Å². The van der Waals surface area contributed by atoms with Crippen LogP contribution < -0.4 is 20.6 Å². The molecular weight excluding hydrogens is 645 g/mol. The maximum Gasteiger partial charge on any atom is 0.294 e. The van der Waals surface area contributed by atoms with Crippen LogP contribution in [0.4, 0.5) is 15.9 Å². The Morgan fingerprint density at radius 2 is 2.00 bits per heavy atom. The molecule has 3 N–H and O–H groups in total. The maximum atomic E-state index is 13.2. The van der Waals surface area contributed by atoms with Crippen LogP contribution in [0.3, 0.4) is 0 Å². The molecule has 0 spiro atoms. The molecule has 0 aliphatic carbocycles. The third kappa shape index (κ3) is 6.51. The summed E-state index contributed by atoms with van der Waals surface area (Å²) in [6.07, 6.45) is 1.37. The van der Waals surface area contributed by atoms with E-state index in [0.29, 0.717) is 28.1 Å². The zero-order valence-corrected chi connectivity index (χ0v) is 24.3. The molecule has 2 heterocycles. The second-order valence-electron chi connectivity index (χ2n) is 8.86. The highest BCUT2D eigenvalue weighted by Gasteiger charge is 2.26. The molecule has 2 aromatic heterocycles. The molecule has 5 aromatic rings. The number of hydrogen-bond donors (Lipinski definition) is 2. The van der Waals surface area contributed by atoms with Gasteiger partial charge in [-0.3, -0.25) is 14.9 Å². The predicted octanol–water partition coefficient (Wildman–Crippen LogP) is 4.45. The first-order chi connectivity index (χ1) is 21.2. The van der Waals surface area contributed by atoms with Crippen LogP contribution in [-0.4, -0.2) is 49.0 Å². The number of anilines is 1. The van der Waals surface area contributed by atoms with E-state index in [-0.39, 0.29) is 46.7 Å². The van der Waals surface area contributed by atoms with Gasteiger partial charge in [0.15, 0.2) is 17.2 Å². The number of nitrogen functional groups attached to an aromatic ring is 1. The van der Waals surface area contributed by atoms with E-state index in [9.17, 15) is 19.3 Å². The van der Waals surface area contributed by atoms with Crippen molar-refractivity contribution in [3.8, 4) is 28.6 Å². The molecule has 3 aromatic carbocycles. The number of hydrogen-bond acceptors (Lipinski definition) is 12. The monoisotopic (exact) mass is 665 g/mol. The average Bonchev–Trinajstić information content (AvgIpc) is 3.64. The van der Waals surface area contributed by atoms with Crippen molar-refractivity contribution in [2.75, 3.05) is 12.3 Å². The number of nitrogens with two attached hydrogens (primary N) is 1. The Balaban J connectivity index is 1.39. The molecule has 224 valence electrons. The van der Waals surface area contributed by atoms with Crippen LogP contribution in [0.15, 0.2) is 74.9 Å². The summed E-state index contributed by atoms with van der Waals surface area (Å²) in [6, 6.07) is 14.8. The fourth-order valence-electron chi connectivity index (χ4n) is 3.97. The summed E-state index contributed by atoms with van der Waals surface area (Å²) >= 11 is 3.48. The van der Waals surface area contributed by atoms with Gasteiger partial charge < -0.3 is 15.2 Å². The number of nitro groups is 1. The van der Waals surface area contributed by atoms with Gasteiger partial charge in [0.2, 0.25) is 11.6 Å². The molecule has 0 radical (unpaired) electrons. The molecule has 5 rings (SSSR count). The number of aromatic nitrogens is 5. The molecule has 44 heavy (non-hydrogen) atoms. The van der Waals surface area contributed by atoms with Gasteiger partial charge in [-0.2, -0.15) is 9.78 Å². The van der Waals surface area contributed by atoms with Crippen molar-refractivity contribution in [1.82, 2.24) is 30.7 Å². The standard InChI is InChI=1S/C27H21BrFN9O6/c1-2-42-21-11-16(10-20(28)24(21)43-14-15-6-8-18(29)9-7-15)13-31-33-27(39)22-23(17-4-3-5-19(12-17)38(40)41)37(36-32-22)26-25(30)34-44-35-26/h3-13H,2,14H2,1H3,(H2,30,34)(H,33,39)/b31-13+. The molecule has 0 aliphatic heterocycles. The molecular formula is C27H21BrFN9O6. The Bertz CT molecular complexity index is 1860. The maximum absolute atomic E-state index is 13.2. The van der Waals surface area contributed by atoms with Crippen LogP contribution >= 0.6 is 15.9 Å². The van der Waals surface area contributed by atoms with Gasteiger partial charge >= 0.3 is 0 Å². The number of carbonyl (C=O) groups is 1. The van der Waals surface area contributed by atoms with Crippen molar-refractivity contribution in [3.63, 3.8) is 0 Å². The minimum Gasteiger partial charge on any atom is -0.490 e. The van der Waals surface area contributed by atoms with Gasteiger partial charge in [-0.1, -0.05) is 29.5 Å². The number of hydrazone groups is 1. The molecule has 1 amide bonds. The van der Waals surface area contributed by atoms with Crippen LogP contribution in [0, 0.1) is 15.9 Å². The molecule has 0 aliphatic rings. The minimum atomic E-state index is -0.785. The molecule has 0 bridgehead atoms. The van der Waals surface area contributed by atoms with E-state index in [1.54, 1.807) is 24.3 Å². The van der Waals surface area contributed by atoms with Gasteiger partial charge in [0.05, 0.1) is 22.2 Å². The number of amides is 1. The Morgan fingerprint density at radius 3 is 2.70 bits per heavy atom. The zero-order valence-electron chi connectivity index (χ0n) is 22.7. The molecule has 0 saturated heterocycles. The Kier molecular flexibility index (Phi) is 8.85. The van der Waals surface area contributed by atoms with E-state index >= 15 is 0 Å². The van der Waals surface area contributed by atoms with Gasteiger partial charge in [0.1, 0.15) is 18.1 Å². The second-order valence-corrected chi connectivity index (χ2v) is 9.71. The lowest BCUT2D eigenvalue weighted by molar-refractivity contribution is -0.384. The summed E-state index contributed by atoms with van der Waals surface area (Å²) in [7, 11) is 0. The molecule has 17 heteroatoms. The highest BCUT2D eigenvalue weighted by Crippen LogP contribution is 2.37. The minimum absolute atomic E-state index is 0.0350. The third-order valence-corrected chi connectivity index (χ3v) is 6.51. The SMILES string of the molecule is CCOc1cc(/C=N/NC(=O)c2nnn(-c3nonc3N)c2-c2cccc([N+](=O)[O-])c2)cc(Br)c1OCc1ccc(F)cc1. The molecule has 0 fully saturated rings. The van der Waals surface area contributed by atoms with E-state index in [1.807, 2.05) is 6.92 Å². The summed E-state index contributed by atoms with van der Waals surface area (Å²) < 4.78 is 31.2. The lowest BCUT2D eigenvalue weighted by Crippen LogP contribution is -2.19. The third-order valence-electron chi connectivity index (χ3n) is 5.92. The highest BCUT2D eigenvalue weighted by atomic mass is 79.9. The summed E-state index contributed by atoms with van der Waals surface area (Å²) in [5.41, 5.74) is 9.29. The van der Waals surface area contributed by atoms with Crippen molar-refractivity contribution in [3.05, 3.63) is 97.9 Å². The van der Waals surface area contributed by atoms with Crippen molar-refractivity contribution in [2.45, 2.75) is 13.5 Å². The van der Waals surface area contributed by atoms with Gasteiger partial charge in [-0.25, -0.2) is 14.4 Å². The number of carbonyl (C=O) groups excluding carboxylic acids is 1. The average molecular weight is 666 g/mol. The molecule has 0 unspecified atom stereocenters. The summed E-state index contributed by atoms with van der Waals surface area (Å²) in [5, 5.41) is 30.5. The lowest BCUT2D eigenvalue weighted by Gasteiger charge is -2.14. The number of ether oxygens (including phenoxy) is 2. The fourth-order valence-corrected chi connectivity index (χ4v) is 4.54. The van der Waals surface area contributed by atoms with Gasteiger partial charge in [-0.15, -0.1) is 5.10 Å². The molecule has 15 nitrogen and oxygen atoms in total. The first-order valence-corrected chi connectivity index (χ1v) is 13.5. The number of rotatable bonds is 11. The van der Waals surface area contributed by atoms with E-state index in [4.69, 9.17) is 15.2 Å². The second kappa shape index (κ2) is 13.1. The fraction of sp³-hybridized carbons (Fsp3) is 0.111. The van der Waals surface area contributed by atoms with Gasteiger partial charge in [0, 0.05) is 17.7 Å². The summed E-state index contributed by atoms with van der Waals surface area (Å²) in [6.45, 7) is 2.33. The lowest BCUT2D eigenvalue weighted by atomic mass is 10.1. The largest absolute Gasteiger partial charge is 0.490 e. The van der Waals surface area contributed by atoms with Crippen LogP contribution in [0.5, 0.6) is 11.5 Å². The van der Waals surface area contributed by atoms with Gasteiger partial charge in [0.25, 0.3) is 11.6 Å². The number of non-ortho nitro benzene ring substituents is 1. The first kappa shape index (κ1) is 29.8. The number of benzene rings is 3. The quantitative estimate of drug-likeness (QED) is 0.115. The number of nitro benzene ring substituents is 1. The van der Waals surface area contributed by atoms with Crippen LogP contribution in [0.1, 0.15) is 28.5 Å².